The summed E-state index contributed by atoms with van der Waals surface area (Å²) in [6.07, 6.45) is 1.43. The fourth-order valence-corrected chi connectivity index (χ4v) is 2.41. The van der Waals surface area contributed by atoms with Crippen LogP contribution in [0.1, 0.15) is 20.8 Å². The third-order valence-electron chi connectivity index (χ3n) is 3.14. The molecule has 0 fully saturated rings. The summed E-state index contributed by atoms with van der Waals surface area (Å²) >= 11 is 1.35. The van der Waals surface area contributed by atoms with Gasteiger partial charge in [0, 0.05) is 6.04 Å². The fraction of sp³-hybridized carbons (Fsp3) is 0.462. The fourth-order valence-electron chi connectivity index (χ4n) is 1.61. The van der Waals surface area contributed by atoms with Gasteiger partial charge in [-0.25, -0.2) is 4.98 Å². The van der Waals surface area contributed by atoms with E-state index in [-0.39, 0.29) is 24.1 Å². The first-order valence-corrected chi connectivity index (χ1v) is 7.09. The average molecular weight is 279 g/mol. The Kier molecular flexibility index (Phi) is 3.99. The molecule has 1 N–H and O–H groups in total. The van der Waals surface area contributed by atoms with Crippen molar-refractivity contribution in [3.63, 3.8) is 0 Å². The molecule has 2 rings (SSSR count). The Morgan fingerprint density at radius 3 is 2.89 bits per heavy atom. The van der Waals surface area contributed by atoms with E-state index in [4.69, 9.17) is 0 Å². The number of rotatable bonds is 4. The van der Waals surface area contributed by atoms with Crippen LogP contribution < -0.4 is 10.9 Å². The zero-order valence-electron chi connectivity index (χ0n) is 11.2. The Morgan fingerprint density at radius 2 is 2.21 bits per heavy atom. The zero-order chi connectivity index (χ0) is 14.0. The summed E-state index contributed by atoms with van der Waals surface area (Å²) < 4.78 is 1.94. The molecule has 2 aromatic rings. The highest BCUT2D eigenvalue weighted by atomic mass is 32.1. The van der Waals surface area contributed by atoms with Gasteiger partial charge in [-0.05, 0) is 24.3 Å². The quantitative estimate of drug-likeness (QED) is 0.925. The van der Waals surface area contributed by atoms with Crippen LogP contribution in [-0.4, -0.2) is 21.5 Å². The minimum atomic E-state index is -0.166. The molecular formula is C13H17N3O2S. The van der Waals surface area contributed by atoms with Crippen molar-refractivity contribution in [2.45, 2.75) is 33.4 Å². The molecule has 0 spiro atoms. The Labute approximate surface area is 115 Å². The molecule has 0 saturated carbocycles. The van der Waals surface area contributed by atoms with E-state index >= 15 is 0 Å². The van der Waals surface area contributed by atoms with Crippen molar-refractivity contribution in [2.75, 3.05) is 0 Å². The Bertz CT molecular complexity index is 645. The molecule has 19 heavy (non-hydrogen) atoms. The van der Waals surface area contributed by atoms with Crippen LogP contribution in [0, 0.1) is 5.92 Å². The van der Waals surface area contributed by atoms with Gasteiger partial charge >= 0.3 is 0 Å². The van der Waals surface area contributed by atoms with E-state index in [0.717, 1.165) is 0 Å². The molecule has 0 bridgehead atoms. The molecule has 0 saturated heterocycles. The van der Waals surface area contributed by atoms with E-state index in [1.807, 2.05) is 26.2 Å². The van der Waals surface area contributed by atoms with Crippen molar-refractivity contribution >= 4 is 27.5 Å². The molecule has 0 aromatic carbocycles. The van der Waals surface area contributed by atoms with Crippen LogP contribution in [0.3, 0.4) is 0 Å². The van der Waals surface area contributed by atoms with E-state index in [1.54, 1.807) is 6.07 Å². The molecule has 0 aliphatic rings. The smallest absolute Gasteiger partial charge is 0.271 e. The molecule has 6 heteroatoms. The van der Waals surface area contributed by atoms with E-state index < -0.39 is 0 Å². The maximum Gasteiger partial charge on any atom is 0.271 e. The van der Waals surface area contributed by atoms with Crippen LogP contribution in [0.4, 0.5) is 0 Å². The normalized spacial score (nSPS) is 12.8. The van der Waals surface area contributed by atoms with Crippen molar-refractivity contribution in [1.29, 1.82) is 0 Å². The number of nitrogens with one attached hydrogen (secondary N) is 1. The number of amides is 1. The predicted octanol–water partition coefficient (Wildman–Crippen LogP) is 1.62. The second kappa shape index (κ2) is 5.52. The van der Waals surface area contributed by atoms with Crippen LogP contribution in [0.25, 0.3) is 10.2 Å². The van der Waals surface area contributed by atoms with E-state index in [1.165, 1.54) is 22.2 Å². The van der Waals surface area contributed by atoms with Gasteiger partial charge in [0.2, 0.25) is 5.91 Å². The number of aromatic nitrogens is 2. The van der Waals surface area contributed by atoms with Crippen molar-refractivity contribution in [3.8, 4) is 0 Å². The molecule has 102 valence electrons. The van der Waals surface area contributed by atoms with Crippen molar-refractivity contribution in [1.82, 2.24) is 14.9 Å². The number of hydrogen-bond acceptors (Lipinski definition) is 4. The average Bonchev–Trinajstić information content (AvgIpc) is 2.81. The highest BCUT2D eigenvalue weighted by Gasteiger charge is 2.13. The summed E-state index contributed by atoms with van der Waals surface area (Å²) in [6, 6.07) is 1.88. The summed E-state index contributed by atoms with van der Waals surface area (Å²) in [5.41, 5.74) is 0.523. The molecule has 1 atom stereocenters. The molecule has 2 heterocycles. The van der Waals surface area contributed by atoms with Crippen LogP contribution >= 0.6 is 11.3 Å². The van der Waals surface area contributed by atoms with Gasteiger partial charge in [-0.3, -0.25) is 14.2 Å². The zero-order valence-corrected chi connectivity index (χ0v) is 12.0. The number of nitrogens with zero attached hydrogens (tertiary/aromatic N) is 2. The number of carbonyl (C=O) groups is 1. The second-order valence-electron chi connectivity index (χ2n) is 4.91. The van der Waals surface area contributed by atoms with Gasteiger partial charge in [0.15, 0.2) is 0 Å². The Hall–Kier alpha value is -1.69. The first-order valence-electron chi connectivity index (χ1n) is 6.21. The minimum absolute atomic E-state index is 0.0106. The second-order valence-corrected chi connectivity index (χ2v) is 5.83. The first kappa shape index (κ1) is 13.7. The van der Waals surface area contributed by atoms with Crippen LogP contribution in [0.2, 0.25) is 0 Å². The molecule has 5 nitrogen and oxygen atoms in total. The number of fused-ring (bicyclic) bond motifs is 1. The maximum absolute atomic E-state index is 12.1. The van der Waals surface area contributed by atoms with E-state index in [0.29, 0.717) is 16.1 Å². The van der Waals surface area contributed by atoms with Crippen molar-refractivity contribution in [2.24, 2.45) is 5.92 Å². The van der Waals surface area contributed by atoms with Gasteiger partial charge in [-0.2, -0.15) is 0 Å². The molecule has 0 radical (unpaired) electrons. The summed E-state index contributed by atoms with van der Waals surface area (Å²) in [4.78, 5) is 28.1. The molecule has 1 amide bonds. The van der Waals surface area contributed by atoms with Gasteiger partial charge < -0.3 is 5.32 Å². The van der Waals surface area contributed by atoms with Crippen molar-refractivity contribution < 1.29 is 4.79 Å². The molecule has 0 aliphatic heterocycles. The summed E-state index contributed by atoms with van der Waals surface area (Å²) in [5, 5.41) is 4.70. The minimum Gasteiger partial charge on any atom is -0.352 e. The molecule has 0 unspecified atom stereocenters. The van der Waals surface area contributed by atoms with Gasteiger partial charge in [-0.1, -0.05) is 13.8 Å². The summed E-state index contributed by atoms with van der Waals surface area (Å²) in [6.45, 7) is 6.04. The monoisotopic (exact) mass is 279 g/mol. The standard InChI is InChI=1S/C13H17N3O2S/c1-8(2)9(3)15-11(17)6-16-7-14-10-4-5-19-12(10)13(16)18/h4-5,7-9H,6H2,1-3H3,(H,15,17)/t9-/m1/s1. The van der Waals surface area contributed by atoms with Gasteiger partial charge in [0.1, 0.15) is 11.2 Å². The van der Waals surface area contributed by atoms with E-state index in [2.05, 4.69) is 10.3 Å². The number of carbonyl (C=O) groups excluding carboxylic acids is 1. The lowest BCUT2D eigenvalue weighted by Crippen LogP contribution is -2.39. The lowest BCUT2D eigenvalue weighted by atomic mass is 10.1. The third kappa shape index (κ3) is 3.01. The number of thiophene rings is 1. The predicted molar refractivity (Wildman–Crippen MR) is 76.3 cm³/mol. The SMILES string of the molecule is CC(C)[C@@H](C)NC(=O)Cn1cnc2ccsc2c1=O. The van der Waals surface area contributed by atoms with Crippen LogP contribution in [0.15, 0.2) is 22.6 Å². The molecular weight excluding hydrogens is 262 g/mol. The lowest BCUT2D eigenvalue weighted by Gasteiger charge is -2.17. The summed E-state index contributed by atoms with van der Waals surface area (Å²) in [7, 11) is 0. The topological polar surface area (TPSA) is 64.0 Å². The highest BCUT2D eigenvalue weighted by Crippen LogP contribution is 2.12. The Morgan fingerprint density at radius 1 is 1.47 bits per heavy atom. The van der Waals surface area contributed by atoms with Gasteiger partial charge in [-0.15, -0.1) is 11.3 Å². The van der Waals surface area contributed by atoms with Crippen LogP contribution in [-0.2, 0) is 11.3 Å². The van der Waals surface area contributed by atoms with Crippen LogP contribution in [0.5, 0.6) is 0 Å². The van der Waals surface area contributed by atoms with E-state index in [9.17, 15) is 9.59 Å². The lowest BCUT2D eigenvalue weighted by molar-refractivity contribution is -0.122. The molecule has 2 aromatic heterocycles. The largest absolute Gasteiger partial charge is 0.352 e. The third-order valence-corrected chi connectivity index (χ3v) is 4.03. The molecule has 0 aliphatic carbocycles. The number of hydrogen-bond donors (Lipinski definition) is 1. The first-order chi connectivity index (χ1) is 8.99. The maximum atomic E-state index is 12.1. The van der Waals surface area contributed by atoms with Gasteiger partial charge in [0.25, 0.3) is 5.56 Å². The Balaban J connectivity index is 2.15. The highest BCUT2D eigenvalue weighted by molar-refractivity contribution is 7.17. The van der Waals surface area contributed by atoms with Crippen molar-refractivity contribution in [3.05, 3.63) is 28.1 Å². The summed E-state index contributed by atoms with van der Waals surface area (Å²) in [5.74, 6) is 0.194. The van der Waals surface area contributed by atoms with Gasteiger partial charge in [0.05, 0.1) is 11.8 Å².